The molecule has 3 rings (SSSR count). The smallest absolute Gasteiger partial charge is 0.430 e. The number of rotatable bonds is 5. The van der Waals surface area contributed by atoms with Crippen molar-refractivity contribution < 1.29 is 14.8 Å². The topological polar surface area (TPSA) is 141 Å². The van der Waals surface area contributed by atoms with Gasteiger partial charge in [0.15, 0.2) is 0 Å². The Morgan fingerprint density at radius 3 is 2.62 bits per heavy atom. The summed E-state index contributed by atoms with van der Waals surface area (Å²) in [5.74, 6) is 0.513. The highest BCUT2D eigenvalue weighted by atomic mass is 32.1. The third-order valence-electron chi connectivity index (χ3n) is 3.76. The fourth-order valence-electron chi connectivity index (χ4n) is 2.46. The van der Waals surface area contributed by atoms with Crippen LogP contribution in [0.2, 0.25) is 0 Å². The standard InChI is InChI=1S/C17H17BN4O3S/c19-9-15(21)12-3-1-10(7-14(12)20)13-8-11(18(23)24)2-4-16(13)25-17-22-5-6-26-17/h1-9,23-24H,19-21H2/b15-9+. The van der Waals surface area contributed by atoms with Gasteiger partial charge >= 0.3 is 7.12 Å². The number of benzene rings is 2. The van der Waals surface area contributed by atoms with Crippen molar-refractivity contribution in [1.29, 1.82) is 0 Å². The predicted molar refractivity (Wildman–Crippen MR) is 105 cm³/mol. The van der Waals surface area contributed by atoms with Crippen LogP contribution in [0, 0.1) is 0 Å². The van der Waals surface area contributed by atoms with E-state index < -0.39 is 7.12 Å². The van der Waals surface area contributed by atoms with E-state index in [0.29, 0.717) is 38.9 Å². The molecule has 0 atom stereocenters. The molecule has 0 fully saturated rings. The maximum Gasteiger partial charge on any atom is 0.488 e. The molecular formula is C17H17BN4O3S. The van der Waals surface area contributed by atoms with Crippen LogP contribution in [0.5, 0.6) is 10.9 Å². The van der Waals surface area contributed by atoms with Crippen LogP contribution in [0.15, 0.2) is 54.2 Å². The first-order chi connectivity index (χ1) is 12.5. The fraction of sp³-hybridized carbons (Fsp3) is 0. The summed E-state index contributed by atoms with van der Waals surface area (Å²) in [6, 6.07) is 10.1. The van der Waals surface area contributed by atoms with E-state index in [1.54, 1.807) is 48.0 Å². The molecule has 2 aromatic carbocycles. The van der Waals surface area contributed by atoms with Crippen LogP contribution in [0.1, 0.15) is 5.56 Å². The summed E-state index contributed by atoms with van der Waals surface area (Å²) in [6.07, 6.45) is 2.92. The van der Waals surface area contributed by atoms with E-state index in [2.05, 4.69) is 4.98 Å². The highest BCUT2D eigenvalue weighted by molar-refractivity contribution is 7.11. The number of nitrogens with two attached hydrogens (primary N) is 3. The molecular weight excluding hydrogens is 351 g/mol. The number of hydrogen-bond acceptors (Lipinski definition) is 8. The van der Waals surface area contributed by atoms with Crippen LogP contribution in [0.3, 0.4) is 0 Å². The van der Waals surface area contributed by atoms with E-state index in [1.807, 2.05) is 0 Å². The molecule has 0 aliphatic heterocycles. The molecule has 8 N–H and O–H groups in total. The third-order valence-corrected chi connectivity index (χ3v) is 4.41. The lowest BCUT2D eigenvalue weighted by atomic mass is 9.79. The number of nitrogen functional groups attached to an aromatic ring is 1. The molecule has 0 unspecified atom stereocenters. The molecule has 132 valence electrons. The summed E-state index contributed by atoms with van der Waals surface area (Å²) in [5, 5.41) is 21.3. The Balaban J connectivity index is 2.09. The largest absolute Gasteiger partial charge is 0.488 e. The molecule has 7 nitrogen and oxygen atoms in total. The molecule has 0 bridgehead atoms. The first-order valence-corrected chi connectivity index (χ1v) is 8.52. The summed E-state index contributed by atoms with van der Waals surface area (Å²) in [4.78, 5) is 4.10. The van der Waals surface area contributed by atoms with Gasteiger partial charge in [-0.15, -0.1) is 0 Å². The molecule has 0 saturated carbocycles. The minimum Gasteiger partial charge on any atom is -0.430 e. The molecule has 0 amide bonds. The van der Waals surface area contributed by atoms with Crippen molar-refractivity contribution >= 4 is 35.3 Å². The van der Waals surface area contributed by atoms with E-state index in [0.717, 1.165) is 5.56 Å². The molecule has 0 saturated heterocycles. The van der Waals surface area contributed by atoms with Crippen LogP contribution in [-0.2, 0) is 0 Å². The van der Waals surface area contributed by atoms with E-state index >= 15 is 0 Å². The predicted octanol–water partition coefficient (Wildman–Crippen LogP) is 1.08. The number of ether oxygens (including phenoxy) is 1. The van der Waals surface area contributed by atoms with Crippen LogP contribution in [0.4, 0.5) is 5.69 Å². The normalized spacial score (nSPS) is 11.4. The van der Waals surface area contributed by atoms with Gasteiger partial charge in [0.1, 0.15) is 5.75 Å². The minimum atomic E-state index is -1.60. The van der Waals surface area contributed by atoms with E-state index in [9.17, 15) is 10.0 Å². The Morgan fingerprint density at radius 2 is 2.00 bits per heavy atom. The highest BCUT2D eigenvalue weighted by Gasteiger charge is 2.17. The fourth-order valence-corrected chi connectivity index (χ4v) is 2.96. The molecule has 1 heterocycles. The van der Waals surface area contributed by atoms with Crippen molar-refractivity contribution in [2.75, 3.05) is 5.73 Å². The van der Waals surface area contributed by atoms with Crippen LogP contribution < -0.4 is 27.4 Å². The molecule has 0 aliphatic carbocycles. The lowest BCUT2D eigenvalue weighted by Crippen LogP contribution is -2.29. The monoisotopic (exact) mass is 368 g/mol. The molecule has 0 spiro atoms. The minimum absolute atomic E-state index is 0.329. The van der Waals surface area contributed by atoms with Gasteiger partial charge in [-0.3, -0.25) is 0 Å². The van der Waals surface area contributed by atoms with Crippen molar-refractivity contribution in [3.05, 3.63) is 59.7 Å². The van der Waals surface area contributed by atoms with Crippen LogP contribution in [0.25, 0.3) is 16.8 Å². The second kappa shape index (κ2) is 7.48. The van der Waals surface area contributed by atoms with Gasteiger partial charge < -0.3 is 32.0 Å². The van der Waals surface area contributed by atoms with Gasteiger partial charge in [-0.05, 0) is 23.2 Å². The number of thiazole rings is 1. The maximum absolute atomic E-state index is 9.49. The number of aromatic nitrogens is 1. The summed E-state index contributed by atoms with van der Waals surface area (Å²) < 4.78 is 5.82. The Morgan fingerprint density at radius 1 is 1.19 bits per heavy atom. The van der Waals surface area contributed by atoms with Gasteiger partial charge in [0.2, 0.25) is 0 Å². The highest BCUT2D eigenvalue weighted by Crippen LogP contribution is 2.35. The average Bonchev–Trinajstić information content (AvgIpc) is 3.14. The lowest BCUT2D eigenvalue weighted by Gasteiger charge is -2.14. The van der Waals surface area contributed by atoms with Gasteiger partial charge in [-0.1, -0.05) is 35.6 Å². The van der Waals surface area contributed by atoms with Gasteiger partial charge in [0.25, 0.3) is 5.19 Å². The van der Waals surface area contributed by atoms with Crippen molar-refractivity contribution in [3.63, 3.8) is 0 Å². The molecule has 0 aliphatic rings. The van der Waals surface area contributed by atoms with Crippen molar-refractivity contribution in [2.45, 2.75) is 0 Å². The first kappa shape index (κ1) is 17.8. The second-order valence-electron chi connectivity index (χ2n) is 5.45. The zero-order valence-corrected chi connectivity index (χ0v) is 14.5. The first-order valence-electron chi connectivity index (χ1n) is 7.64. The van der Waals surface area contributed by atoms with Gasteiger partial charge in [-0.2, -0.15) is 0 Å². The summed E-state index contributed by atoms with van der Waals surface area (Å²) >= 11 is 1.35. The van der Waals surface area contributed by atoms with Gasteiger partial charge in [0.05, 0.1) is 5.70 Å². The van der Waals surface area contributed by atoms with Crippen LogP contribution >= 0.6 is 11.3 Å². The Hall–Kier alpha value is -3.01. The van der Waals surface area contributed by atoms with Crippen molar-refractivity contribution in [1.82, 2.24) is 4.98 Å². The lowest BCUT2D eigenvalue weighted by molar-refractivity contribution is 0.425. The number of hydrogen-bond donors (Lipinski definition) is 5. The summed E-state index contributed by atoms with van der Waals surface area (Å²) in [7, 11) is -1.60. The van der Waals surface area contributed by atoms with E-state index in [4.69, 9.17) is 21.9 Å². The number of nitrogens with zero attached hydrogens (tertiary/aromatic N) is 1. The van der Waals surface area contributed by atoms with Crippen LogP contribution in [-0.4, -0.2) is 22.2 Å². The van der Waals surface area contributed by atoms with Crippen molar-refractivity contribution in [3.8, 4) is 22.1 Å². The van der Waals surface area contributed by atoms with Gasteiger partial charge in [0, 0.05) is 34.6 Å². The van der Waals surface area contributed by atoms with E-state index in [1.165, 1.54) is 17.5 Å². The zero-order valence-electron chi connectivity index (χ0n) is 13.7. The SMILES string of the molecule is N/C=C(/N)c1ccc(-c2cc(B(O)O)ccc2Oc2nccs2)cc1N. The maximum atomic E-state index is 9.49. The quantitative estimate of drug-likeness (QED) is 0.335. The third kappa shape index (κ3) is 3.64. The molecule has 1 aromatic heterocycles. The molecule has 0 radical (unpaired) electrons. The molecule has 26 heavy (non-hydrogen) atoms. The summed E-state index contributed by atoms with van der Waals surface area (Å²) in [5.41, 5.74) is 20.5. The van der Waals surface area contributed by atoms with Crippen molar-refractivity contribution in [2.24, 2.45) is 11.5 Å². The summed E-state index contributed by atoms with van der Waals surface area (Å²) in [6.45, 7) is 0. The molecule has 9 heteroatoms. The van der Waals surface area contributed by atoms with Gasteiger partial charge in [-0.25, -0.2) is 4.98 Å². The number of anilines is 1. The Kier molecular flexibility index (Phi) is 5.12. The molecule has 3 aromatic rings. The average molecular weight is 368 g/mol. The van der Waals surface area contributed by atoms with E-state index in [-0.39, 0.29) is 0 Å². The Bertz CT molecular complexity index is 945. The second-order valence-corrected chi connectivity index (χ2v) is 6.31. The Labute approximate surface area is 154 Å². The zero-order chi connectivity index (χ0) is 18.7.